The first kappa shape index (κ1) is 15.8. The molecule has 0 amide bonds. The maximum Gasteiger partial charge on any atom is 0.341 e. The minimum Gasteiger partial charge on any atom is -0.465 e. The summed E-state index contributed by atoms with van der Waals surface area (Å²) in [5.74, 6) is -1.38. The van der Waals surface area contributed by atoms with Gasteiger partial charge in [-0.2, -0.15) is 0 Å². The molecular weight excluding hydrogens is 274 g/mol. The first-order chi connectivity index (χ1) is 7.20. The van der Waals surface area contributed by atoms with Crippen LogP contribution in [0, 0.1) is 5.92 Å². The summed E-state index contributed by atoms with van der Waals surface area (Å²) in [6.45, 7) is 3.87. The molecule has 0 saturated heterocycles. The number of Topliss-reactive ketones (excluding diaryl/α,β-unsaturated/α-hetero) is 1. The Morgan fingerprint density at radius 3 is 2.12 bits per heavy atom. The molecule has 0 aliphatic carbocycles. The molecule has 0 rings (SSSR count). The van der Waals surface area contributed by atoms with E-state index < -0.39 is 15.5 Å². The molecule has 3 nitrogen and oxygen atoms in total. The van der Waals surface area contributed by atoms with Crippen molar-refractivity contribution in [3.8, 4) is 0 Å². The second-order valence-corrected chi connectivity index (χ2v) is 5.85. The van der Waals surface area contributed by atoms with E-state index in [0.29, 0.717) is 6.42 Å². The van der Waals surface area contributed by atoms with Crippen molar-refractivity contribution in [1.29, 1.82) is 0 Å². The van der Waals surface area contributed by atoms with E-state index in [2.05, 4.69) is 4.74 Å². The van der Waals surface area contributed by atoms with Crippen molar-refractivity contribution in [3.63, 3.8) is 0 Å². The number of carbonyl (C=O) groups excluding carboxylic acids is 2. The predicted molar refractivity (Wildman–Crippen MR) is 64.9 cm³/mol. The van der Waals surface area contributed by atoms with Gasteiger partial charge >= 0.3 is 5.97 Å². The highest BCUT2D eigenvalue weighted by atomic mass is 35.6. The van der Waals surface area contributed by atoms with Gasteiger partial charge in [-0.1, -0.05) is 54.7 Å². The molecule has 0 aromatic heterocycles. The normalized spacial score (nSPS) is 12.8. The van der Waals surface area contributed by atoms with Gasteiger partial charge in [0.2, 0.25) is 5.78 Å². The number of carbonyl (C=O) groups is 2. The fourth-order valence-corrected chi connectivity index (χ4v) is 1.19. The topological polar surface area (TPSA) is 43.4 Å². The molecule has 0 saturated carbocycles. The number of allylic oxidation sites excluding steroid dienone is 1. The summed E-state index contributed by atoms with van der Waals surface area (Å²) < 4.78 is 2.32. The Kier molecular flexibility index (Phi) is 6.38. The number of hydrogen-bond acceptors (Lipinski definition) is 3. The van der Waals surface area contributed by atoms with Gasteiger partial charge in [0.25, 0.3) is 3.79 Å². The monoisotopic (exact) mass is 286 g/mol. The van der Waals surface area contributed by atoms with Gasteiger partial charge < -0.3 is 4.74 Å². The zero-order valence-corrected chi connectivity index (χ0v) is 11.5. The van der Waals surface area contributed by atoms with Crippen LogP contribution in [0.25, 0.3) is 0 Å². The lowest BCUT2D eigenvalue weighted by Crippen LogP contribution is -2.26. The lowest BCUT2D eigenvalue weighted by Gasteiger charge is -2.11. The molecule has 0 N–H and O–H groups in total. The average molecular weight is 288 g/mol. The first-order valence-corrected chi connectivity index (χ1v) is 5.73. The summed E-state index contributed by atoms with van der Waals surface area (Å²) in [4.78, 5) is 22.9. The molecule has 16 heavy (non-hydrogen) atoms. The van der Waals surface area contributed by atoms with Gasteiger partial charge in [0, 0.05) is 0 Å². The van der Waals surface area contributed by atoms with Crippen molar-refractivity contribution in [1.82, 2.24) is 0 Å². The third-order valence-corrected chi connectivity index (χ3v) is 2.22. The largest absolute Gasteiger partial charge is 0.465 e. The van der Waals surface area contributed by atoms with Crippen LogP contribution in [0.5, 0.6) is 0 Å². The standard InChI is InChI=1S/C10H13Cl3O3/c1-6(2)4-5-7(9(15)16-3)8(14)10(11,12)13/h5-6H,4H2,1-3H3/b7-5-. The van der Waals surface area contributed by atoms with Gasteiger partial charge in [0.15, 0.2) is 0 Å². The van der Waals surface area contributed by atoms with Crippen molar-refractivity contribution in [2.45, 2.75) is 24.1 Å². The zero-order valence-electron chi connectivity index (χ0n) is 9.22. The van der Waals surface area contributed by atoms with Crippen LogP contribution in [0.4, 0.5) is 0 Å². The molecule has 0 heterocycles. The predicted octanol–water partition coefficient (Wildman–Crippen LogP) is 3.07. The number of hydrogen-bond donors (Lipinski definition) is 0. The van der Waals surface area contributed by atoms with Gasteiger partial charge in [0.1, 0.15) is 5.57 Å². The van der Waals surface area contributed by atoms with Crippen LogP contribution in [0.1, 0.15) is 20.3 Å². The van der Waals surface area contributed by atoms with Crippen LogP contribution in [0.15, 0.2) is 11.6 Å². The third-order valence-electron chi connectivity index (χ3n) is 1.70. The molecule has 0 aliphatic rings. The molecule has 0 aromatic carbocycles. The summed E-state index contributed by atoms with van der Waals surface area (Å²) in [6, 6.07) is 0. The average Bonchev–Trinajstić information content (AvgIpc) is 2.15. The molecule has 0 aromatic rings. The fraction of sp³-hybridized carbons (Fsp3) is 0.600. The van der Waals surface area contributed by atoms with E-state index in [1.165, 1.54) is 6.08 Å². The first-order valence-electron chi connectivity index (χ1n) is 4.60. The molecule has 0 unspecified atom stereocenters. The lowest BCUT2D eigenvalue weighted by atomic mass is 10.1. The van der Waals surface area contributed by atoms with Crippen LogP contribution >= 0.6 is 34.8 Å². The van der Waals surface area contributed by atoms with Gasteiger partial charge in [-0.3, -0.25) is 4.79 Å². The molecule has 6 heteroatoms. The van der Waals surface area contributed by atoms with E-state index in [4.69, 9.17) is 34.8 Å². The maximum atomic E-state index is 11.6. The Hall–Kier alpha value is -0.250. The highest BCUT2D eigenvalue weighted by Gasteiger charge is 2.36. The Morgan fingerprint density at radius 1 is 1.31 bits per heavy atom. The molecule has 0 atom stereocenters. The zero-order chi connectivity index (χ0) is 12.9. The van der Waals surface area contributed by atoms with Gasteiger partial charge in [-0.25, -0.2) is 4.79 Å². The van der Waals surface area contributed by atoms with Crippen LogP contribution in [0.2, 0.25) is 0 Å². The van der Waals surface area contributed by atoms with E-state index >= 15 is 0 Å². The number of rotatable bonds is 4. The number of esters is 1. The molecule has 92 valence electrons. The molecular formula is C10H13Cl3O3. The number of ether oxygens (including phenoxy) is 1. The molecule has 0 aliphatic heterocycles. The van der Waals surface area contributed by atoms with E-state index in [0.717, 1.165) is 7.11 Å². The minimum absolute atomic E-state index is 0.226. The van der Waals surface area contributed by atoms with Gasteiger partial charge in [-0.15, -0.1) is 0 Å². The summed E-state index contributed by atoms with van der Waals surface area (Å²) in [6.07, 6.45) is 1.96. The minimum atomic E-state index is -2.14. The van der Waals surface area contributed by atoms with Crippen molar-refractivity contribution < 1.29 is 14.3 Å². The maximum absolute atomic E-state index is 11.6. The van der Waals surface area contributed by atoms with Crippen molar-refractivity contribution in [3.05, 3.63) is 11.6 Å². The van der Waals surface area contributed by atoms with Gasteiger partial charge in [0.05, 0.1) is 7.11 Å². The van der Waals surface area contributed by atoms with Crippen LogP contribution in [-0.2, 0) is 14.3 Å². The number of methoxy groups -OCH3 is 1. The number of ketones is 1. The SMILES string of the molecule is COC(=O)/C(=C\CC(C)C)C(=O)C(Cl)(Cl)Cl. The summed E-state index contributed by atoms with van der Waals surface area (Å²) in [5, 5.41) is 0. The lowest BCUT2D eigenvalue weighted by molar-refractivity contribution is -0.137. The Labute approximate surface area is 110 Å². The Balaban J connectivity index is 5.03. The second-order valence-electron chi connectivity index (χ2n) is 3.57. The fourth-order valence-electron chi connectivity index (χ4n) is 0.885. The van der Waals surface area contributed by atoms with E-state index in [9.17, 15) is 9.59 Å². The summed E-state index contributed by atoms with van der Waals surface area (Å²) in [7, 11) is 1.16. The van der Waals surface area contributed by atoms with E-state index in [1.54, 1.807) is 0 Å². The Morgan fingerprint density at radius 2 is 1.81 bits per heavy atom. The van der Waals surface area contributed by atoms with E-state index in [-0.39, 0.29) is 11.5 Å². The van der Waals surface area contributed by atoms with Crippen molar-refractivity contribution in [2.24, 2.45) is 5.92 Å². The highest BCUT2D eigenvalue weighted by molar-refractivity contribution is 6.78. The summed E-state index contributed by atoms with van der Waals surface area (Å²) >= 11 is 16.3. The second kappa shape index (κ2) is 6.48. The summed E-state index contributed by atoms with van der Waals surface area (Å²) in [5.41, 5.74) is -0.226. The van der Waals surface area contributed by atoms with Crippen LogP contribution < -0.4 is 0 Å². The quantitative estimate of drug-likeness (QED) is 0.262. The van der Waals surface area contributed by atoms with Crippen LogP contribution in [0.3, 0.4) is 0 Å². The Bertz CT molecular complexity index is 303. The number of alkyl halides is 3. The third kappa shape index (κ3) is 5.19. The van der Waals surface area contributed by atoms with Crippen molar-refractivity contribution in [2.75, 3.05) is 7.11 Å². The molecule has 0 spiro atoms. The van der Waals surface area contributed by atoms with Crippen LogP contribution in [-0.4, -0.2) is 22.7 Å². The molecule has 0 radical (unpaired) electrons. The van der Waals surface area contributed by atoms with E-state index in [1.807, 2.05) is 13.8 Å². The smallest absolute Gasteiger partial charge is 0.341 e. The van der Waals surface area contributed by atoms with Crippen molar-refractivity contribution >= 4 is 46.6 Å². The molecule has 0 fully saturated rings. The molecule has 0 bridgehead atoms. The van der Waals surface area contributed by atoms with Gasteiger partial charge in [-0.05, 0) is 12.3 Å². The highest BCUT2D eigenvalue weighted by Crippen LogP contribution is 2.30. The number of halogens is 3.